The fraction of sp³-hybridized carbons (Fsp3) is 0.200. The molecule has 0 saturated heterocycles. The zero-order valence-electron chi connectivity index (χ0n) is 11.2. The lowest BCUT2D eigenvalue weighted by Crippen LogP contribution is -2.14. The molecule has 0 fully saturated rings. The predicted octanol–water partition coefficient (Wildman–Crippen LogP) is 2.96. The van der Waals surface area contributed by atoms with Crippen molar-refractivity contribution in [2.24, 2.45) is 0 Å². The summed E-state index contributed by atoms with van der Waals surface area (Å²) in [6, 6.07) is 11.0. The number of rotatable bonds is 3. The van der Waals surface area contributed by atoms with Crippen LogP contribution in [0.2, 0.25) is 0 Å². The molecular weight excluding hydrogens is 240 g/mol. The Hall–Kier alpha value is -2.36. The van der Waals surface area contributed by atoms with Crippen LogP contribution in [-0.4, -0.2) is 18.0 Å². The molecule has 1 aromatic heterocycles. The van der Waals surface area contributed by atoms with Crippen LogP contribution in [0.3, 0.4) is 0 Å². The molecule has 0 unspecified atom stereocenters. The third-order valence-electron chi connectivity index (χ3n) is 2.73. The number of anilines is 1. The summed E-state index contributed by atoms with van der Waals surface area (Å²) < 4.78 is 5.25. The van der Waals surface area contributed by atoms with Crippen LogP contribution in [0.15, 0.2) is 36.4 Å². The van der Waals surface area contributed by atoms with Crippen LogP contribution in [0.5, 0.6) is 5.75 Å². The highest BCUT2D eigenvalue weighted by molar-refractivity contribution is 6.03. The Kier molecular flexibility index (Phi) is 3.80. The molecule has 0 aliphatic heterocycles. The van der Waals surface area contributed by atoms with Crippen molar-refractivity contribution in [2.75, 3.05) is 12.4 Å². The zero-order valence-corrected chi connectivity index (χ0v) is 11.2. The van der Waals surface area contributed by atoms with E-state index in [1.165, 1.54) is 0 Å². The summed E-state index contributed by atoms with van der Waals surface area (Å²) >= 11 is 0. The molecule has 1 N–H and O–H groups in total. The number of ether oxygens (including phenoxy) is 1. The van der Waals surface area contributed by atoms with E-state index in [1.807, 2.05) is 44.2 Å². The van der Waals surface area contributed by atoms with E-state index in [1.54, 1.807) is 13.2 Å². The van der Waals surface area contributed by atoms with Crippen molar-refractivity contribution >= 4 is 11.6 Å². The second kappa shape index (κ2) is 5.52. The van der Waals surface area contributed by atoms with Gasteiger partial charge < -0.3 is 10.1 Å². The van der Waals surface area contributed by atoms with Crippen molar-refractivity contribution in [3.05, 3.63) is 53.3 Å². The van der Waals surface area contributed by atoms with Gasteiger partial charge in [-0.2, -0.15) is 0 Å². The molecule has 0 spiro atoms. The summed E-state index contributed by atoms with van der Waals surface area (Å²) in [4.78, 5) is 16.3. The van der Waals surface area contributed by atoms with Crippen molar-refractivity contribution in [3.8, 4) is 5.75 Å². The zero-order chi connectivity index (χ0) is 13.8. The molecule has 0 atom stereocenters. The Morgan fingerprint density at radius 3 is 2.68 bits per heavy atom. The van der Waals surface area contributed by atoms with Gasteiger partial charge in [-0.3, -0.25) is 4.79 Å². The number of aryl methyl sites for hydroxylation is 2. The molecule has 1 amide bonds. The first-order chi connectivity index (χ1) is 9.10. The first kappa shape index (κ1) is 13.1. The Labute approximate surface area is 112 Å². The lowest BCUT2D eigenvalue weighted by Gasteiger charge is -2.10. The molecule has 4 heteroatoms. The number of carbonyl (C=O) groups is 1. The van der Waals surface area contributed by atoms with Crippen LogP contribution < -0.4 is 10.1 Å². The van der Waals surface area contributed by atoms with Gasteiger partial charge in [0.05, 0.1) is 12.8 Å². The quantitative estimate of drug-likeness (QED) is 0.918. The largest absolute Gasteiger partial charge is 0.495 e. The van der Waals surface area contributed by atoms with Gasteiger partial charge in [-0.05, 0) is 43.7 Å². The fourth-order valence-electron chi connectivity index (χ4n) is 1.76. The Balaban J connectivity index is 2.24. The highest BCUT2D eigenvalue weighted by Crippen LogP contribution is 2.25. The molecule has 0 radical (unpaired) electrons. The standard InChI is InChI=1S/C15H16N2O2/c1-10-7-8-12(14(9-10)19-3)17-15(18)13-6-4-5-11(2)16-13/h4-9H,1-3H3,(H,17,18). The summed E-state index contributed by atoms with van der Waals surface area (Å²) in [5, 5.41) is 2.81. The summed E-state index contributed by atoms with van der Waals surface area (Å²) in [5.74, 6) is 0.395. The van der Waals surface area contributed by atoms with Crippen molar-refractivity contribution in [2.45, 2.75) is 13.8 Å². The third kappa shape index (κ3) is 3.10. The van der Waals surface area contributed by atoms with Gasteiger partial charge in [-0.25, -0.2) is 4.98 Å². The highest BCUT2D eigenvalue weighted by atomic mass is 16.5. The average molecular weight is 256 g/mol. The number of hydrogen-bond donors (Lipinski definition) is 1. The highest BCUT2D eigenvalue weighted by Gasteiger charge is 2.10. The van der Waals surface area contributed by atoms with Gasteiger partial charge in [0.25, 0.3) is 5.91 Å². The van der Waals surface area contributed by atoms with E-state index in [0.717, 1.165) is 11.3 Å². The maximum atomic E-state index is 12.1. The maximum Gasteiger partial charge on any atom is 0.274 e. The monoisotopic (exact) mass is 256 g/mol. The molecule has 1 heterocycles. The normalized spacial score (nSPS) is 10.1. The number of carbonyl (C=O) groups excluding carboxylic acids is 1. The molecule has 1 aromatic carbocycles. The van der Waals surface area contributed by atoms with E-state index in [0.29, 0.717) is 17.1 Å². The molecule has 0 saturated carbocycles. The number of methoxy groups -OCH3 is 1. The molecule has 2 aromatic rings. The van der Waals surface area contributed by atoms with Gasteiger partial charge in [-0.1, -0.05) is 12.1 Å². The summed E-state index contributed by atoms with van der Waals surface area (Å²) in [6.45, 7) is 3.82. The van der Waals surface area contributed by atoms with Crippen LogP contribution in [0.4, 0.5) is 5.69 Å². The van der Waals surface area contributed by atoms with Gasteiger partial charge in [0.15, 0.2) is 0 Å². The van der Waals surface area contributed by atoms with Crippen molar-refractivity contribution < 1.29 is 9.53 Å². The number of pyridine rings is 1. The average Bonchev–Trinajstić information content (AvgIpc) is 2.40. The smallest absolute Gasteiger partial charge is 0.274 e. The summed E-state index contributed by atoms with van der Waals surface area (Å²) in [7, 11) is 1.58. The molecule has 98 valence electrons. The Morgan fingerprint density at radius 1 is 1.21 bits per heavy atom. The number of hydrogen-bond acceptors (Lipinski definition) is 3. The van der Waals surface area contributed by atoms with Crippen molar-refractivity contribution in [1.82, 2.24) is 4.98 Å². The lowest BCUT2D eigenvalue weighted by molar-refractivity contribution is 0.102. The fourth-order valence-corrected chi connectivity index (χ4v) is 1.76. The molecular formula is C15H16N2O2. The number of aromatic nitrogens is 1. The Bertz CT molecular complexity index is 609. The van der Waals surface area contributed by atoms with Crippen LogP contribution in [-0.2, 0) is 0 Å². The van der Waals surface area contributed by atoms with Gasteiger partial charge in [0, 0.05) is 5.69 Å². The number of nitrogens with one attached hydrogen (secondary N) is 1. The van der Waals surface area contributed by atoms with Crippen LogP contribution in [0.1, 0.15) is 21.7 Å². The van der Waals surface area contributed by atoms with E-state index >= 15 is 0 Å². The van der Waals surface area contributed by atoms with E-state index in [4.69, 9.17) is 4.74 Å². The minimum atomic E-state index is -0.245. The van der Waals surface area contributed by atoms with E-state index in [2.05, 4.69) is 10.3 Å². The topological polar surface area (TPSA) is 51.2 Å². The van der Waals surface area contributed by atoms with Crippen molar-refractivity contribution in [3.63, 3.8) is 0 Å². The molecule has 4 nitrogen and oxygen atoms in total. The van der Waals surface area contributed by atoms with E-state index < -0.39 is 0 Å². The first-order valence-electron chi connectivity index (χ1n) is 6.00. The maximum absolute atomic E-state index is 12.1. The SMILES string of the molecule is COc1cc(C)ccc1NC(=O)c1cccc(C)n1. The van der Waals surface area contributed by atoms with Gasteiger partial charge in [0.1, 0.15) is 11.4 Å². The second-order valence-electron chi connectivity index (χ2n) is 4.32. The number of nitrogens with zero attached hydrogens (tertiary/aromatic N) is 1. The van der Waals surface area contributed by atoms with Gasteiger partial charge in [0.2, 0.25) is 0 Å². The third-order valence-corrected chi connectivity index (χ3v) is 2.73. The van der Waals surface area contributed by atoms with Crippen molar-refractivity contribution in [1.29, 1.82) is 0 Å². The van der Waals surface area contributed by atoms with Gasteiger partial charge in [-0.15, -0.1) is 0 Å². The van der Waals surface area contributed by atoms with Crippen LogP contribution in [0.25, 0.3) is 0 Å². The van der Waals surface area contributed by atoms with Gasteiger partial charge >= 0.3 is 0 Å². The lowest BCUT2D eigenvalue weighted by atomic mass is 10.2. The summed E-state index contributed by atoms with van der Waals surface area (Å²) in [5.41, 5.74) is 2.91. The molecule has 0 aliphatic carbocycles. The molecule has 0 aliphatic rings. The van der Waals surface area contributed by atoms with Crippen LogP contribution >= 0.6 is 0 Å². The van der Waals surface area contributed by atoms with E-state index in [-0.39, 0.29) is 5.91 Å². The first-order valence-corrected chi connectivity index (χ1v) is 6.00. The number of amides is 1. The number of benzene rings is 1. The van der Waals surface area contributed by atoms with E-state index in [9.17, 15) is 4.79 Å². The predicted molar refractivity (Wildman–Crippen MR) is 74.7 cm³/mol. The minimum Gasteiger partial charge on any atom is -0.495 e. The second-order valence-corrected chi connectivity index (χ2v) is 4.32. The minimum absolute atomic E-state index is 0.245. The van der Waals surface area contributed by atoms with Crippen LogP contribution in [0, 0.1) is 13.8 Å². The molecule has 19 heavy (non-hydrogen) atoms. The molecule has 0 bridgehead atoms. The molecule has 2 rings (SSSR count). The summed E-state index contributed by atoms with van der Waals surface area (Å²) in [6.07, 6.45) is 0. The Morgan fingerprint density at radius 2 is 2.00 bits per heavy atom.